The number of hydrogen-bond donors (Lipinski definition) is 0. The zero-order valence-corrected chi connectivity index (χ0v) is 18.9. The van der Waals surface area contributed by atoms with Gasteiger partial charge in [0, 0.05) is 6.07 Å². The lowest BCUT2D eigenvalue weighted by Crippen LogP contribution is -2.20. The lowest BCUT2D eigenvalue weighted by atomic mass is 9.96. The Kier molecular flexibility index (Phi) is 4.35. The molecule has 0 radical (unpaired) electrons. The van der Waals surface area contributed by atoms with Crippen LogP contribution in [-0.2, 0) is 0 Å². The summed E-state index contributed by atoms with van der Waals surface area (Å²) in [5, 5.41) is 12.1. The molecule has 0 fully saturated rings. The van der Waals surface area contributed by atoms with Gasteiger partial charge in [0.05, 0.1) is 21.9 Å². The van der Waals surface area contributed by atoms with Crippen molar-refractivity contribution in [3.8, 4) is 45.3 Å². The fraction of sp³-hybridized carbons (Fsp3) is 0. The van der Waals surface area contributed by atoms with E-state index in [0.29, 0.717) is 34.1 Å². The first-order valence-electron chi connectivity index (χ1n) is 11.5. The van der Waals surface area contributed by atoms with Crippen LogP contribution in [-0.4, -0.2) is 4.92 Å². The summed E-state index contributed by atoms with van der Waals surface area (Å²) >= 11 is 0. The molecule has 0 aliphatic carbocycles. The number of nitro groups is 1. The topological polar surface area (TPSA) is 64.8 Å². The van der Waals surface area contributed by atoms with Crippen LogP contribution in [0.3, 0.4) is 0 Å². The summed E-state index contributed by atoms with van der Waals surface area (Å²) in [4.78, 5) is 13.9. The summed E-state index contributed by atoms with van der Waals surface area (Å²) in [7, 11) is 0. The molecule has 36 heavy (non-hydrogen) atoms. The molecule has 7 rings (SSSR count). The number of para-hydroxylation sites is 4. The third-order valence-corrected chi connectivity index (χ3v) is 6.53. The van der Waals surface area contributed by atoms with E-state index in [4.69, 9.17) is 9.47 Å². The van der Waals surface area contributed by atoms with Crippen LogP contribution in [0, 0.1) is 10.1 Å². The Labute approximate surface area is 206 Å². The molecule has 5 aromatic rings. The third-order valence-electron chi connectivity index (χ3n) is 6.53. The molecule has 5 aromatic carbocycles. The first-order valence-corrected chi connectivity index (χ1v) is 11.5. The highest BCUT2D eigenvalue weighted by molar-refractivity contribution is 5.95. The maximum atomic E-state index is 12.1. The number of ether oxygens (including phenoxy) is 2. The molecular weight excluding hydrogens is 452 g/mol. The van der Waals surface area contributed by atoms with Crippen molar-refractivity contribution >= 4 is 22.7 Å². The van der Waals surface area contributed by atoms with Gasteiger partial charge >= 0.3 is 0 Å². The zero-order valence-electron chi connectivity index (χ0n) is 18.9. The van der Waals surface area contributed by atoms with Crippen molar-refractivity contribution in [1.82, 2.24) is 0 Å². The van der Waals surface area contributed by atoms with Crippen molar-refractivity contribution in [2.75, 3.05) is 4.90 Å². The number of benzene rings is 5. The molecule has 0 saturated carbocycles. The molecule has 2 aliphatic heterocycles. The summed E-state index contributed by atoms with van der Waals surface area (Å²) in [5.74, 6) is 2.58. The molecule has 0 unspecified atom stereocenters. The Balaban J connectivity index is 1.43. The molecule has 0 atom stereocenters. The average Bonchev–Trinajstić information content (AvgIpc) is 2.92. The van der Waals surface area contributed by atoms with Crippen LogP contribution < -0.4 is 14.4 Å². The van der Waals surface area contributed by atoms with Gasteiger partial charge in [-0.05, 0) is 59.2 Å². The van der Waals surface area contributed by atoms with Crippen LogP contribution >= 0.6 is 0 Å². The van der Waals surface area contributed by atoms with E-state index in [1.54, 1.807) is 12.1 Å². The van der Waals surface area contributed by atoms with E-state index in [1.807, 2.05) is 97.1 Å². The number of fused-ring (bicyclic) bond motifs is 4. The highest BCUT2D eigenvalue weighted by atomic mass is 16.6. The normalized spacial score (nSPS) is 12.5. The molecule has 2 aliphatic rings. The van der Waals surface area contributed by atoms with Gasteiger partial charge in [-0.2, -0.15) is 0 Å². The number of nitrogens with zero attached hydrogens (tertiary/aromatic N) is 2. The van der Waals surface area contributed by atoms with E-state index < -0.39 is 0 Å². The van der Waals surface area contributed by atoms with E-state index in [1.165, 1.54) is 0 Å². The second-order valence-electron chi connectivity index (χ2n) is 8.65. The quantitative estimate of drug-likeness (QED) is 0.191. The SMILES string of the molecule is O=[N+]([O-])c1cc(-c2ccccc2)ccc1-c1cc2c3c(c1)Oc1ccccc1N3c1ccccc1O2. The Hall–Kier alpha value is -5.10. The summed E-state index contributed by atoms with van der Waals surface area (Å²) < 4.78 is 12.6. The minimum absolute atomic E-state index is 0.0211. The molecule has 2 heterocycles. The smallest absolute Gasteiger partial charge is 0.277 e. The lowest BCUT2D eigenvalue weighted by Gasteiger charge is -2.38. The molecule has 0 amide bonds. The fourth-order valence-corrected chi connectivity index (χ4v) is 4.91. The third kappa shape index (κ3) is 3.05. The number of nitro benzene ring substituents is 1. The van der Waals surface area contributed by atoms with E-state index in [-0.39, 0.29) is 10.6 Å². The lowest BCUT2D eigenvalue weighted by molar-refractivity contribution is -0.384. The predicted molar refractivity (Wildman–Crippen MR) is 139 cm³/mol. The molecule has 6 heteroatoms. The largest absolute Gasteiger partial charge is 0.453 e. The van der Waals surface area contributed by atoms with Gasteiger partial charge in [-0.1, -0.05) is 60.7 Å². The summed E-state index contributed by atoms with van der Waals surface area (Å²) in [6, 6.07) is 34.3. The minimum Gasteiger partial charge on any atom is -0.453 e. The first-order chi connectivity index (χ1) is 17.7. The van der Waals surface area contributed by atoms with Gasteiger partial charge in [0.1, 0.15) is 5.69 Å². The predicted octanol–water partition coefficient (Wildman–Crippen LogP) is 8.61. The highest BCUT2D eigenvalue weighted by Gasteiger charge is 2.35. The van der Waals surface area contributed by atoms with Gasteiger partial charge in [0.15, 0.2) is 23.0 Å². The first kappa shape index (κ1) is 20.3. The van der Waals surface area contributed by atoms with Crippen LogP contribution in [0.15, 0.2) is 109 Å². The van der Waals surface area contributed by atoms with E-state index in [2.05, 4.69) is 4.90 Å². The Morgan fingerprint density at radius 2 is 1.17 bits per heavy atom. The van der Waals surface area contributed by atoms with Gasteiger partial charge in [-0.3, -0.25) is 15.0 Å². The molecule has 172 valence electrons. The van der Waals surface area contributed by atoms with E-state index >= 15 is 0 Å². The molecule has 0 bridgehead atoms. The van der Waals surface area contributed by atoms with Crippen LogP contribution in [0.2, 0.25) is 0 Å². The van der Waals surface area contributed by atoms with Crippen molar-refractivity contribution in [3.05, 3.63) is 119 Å². The van der Waals surface area contributed by atoms with Crippen molar-refractivity contribution in [1.29, 1.82) is 0 Å². The Morgan fingerprint density at radius 1 is 0.583 bits per heavy atom. The van der Waals surface area contributed by atoms with Gasteiger partial charge in [-0.15, -0.1) is 0 Å². The number of hydrogen-bond acceptors (Lipinski definition) is 5. The average molecular weight is 470 g/mol. The molecule has 0 aromatic heterocycles. The number of rotatable bonds is 3. The van der Waals surface area contributed by atoms with Crippen LogP contribution in [0.1, 0.15) is 0 Å². The van der Waals surface area contributed by atoms with Gasteiger partial charge in [0.2, 0.25) is 0 Å². The second kappa shape index (κ2) is 7.71. The molecule has 0 N–H and O–H groups in total. The fourth-order valence-electron chi connectivity index (χ4n) is 4.91. The maximum Gasteiger partial charge on any atom is 0.277 e. The van der Waals surface area contributed by atoms with E-state index in [0.717, 1.165) is 28.2 Å². The van der Waals surface area contributed by atoms with Crippen molar-refractivity contribution in [2.24, 2.45) is 0 Å². The molecule has 0 spiro atoms. The Bertz CT molecular complexity index is 1610. The molecule has 0 saturated heterocycles. The molecular formula is C30H18N2O4. The standard InChI is InChI=1S/C30H18N2O4/c33-32(34)25-16-20(19-8-2-1-3-9-19)14-15-22(25)21-17-28-30-29(18-21)36-27-13-7-5-11-24(27)31(30)23-10-4-6-12-26(23)35-28/h1-18H. The van der Waals surface area contributed by atoms with Gasteiger partial charge < -0.3 is 9.47 Å². The molecule has 6 nitrogen and oxygen atoms in total. The number of anilines is 3. The van der Waals surface area contributed by atoms with Crippen LogP contribution in [0.25, 0.3) is 22.3 Å². The van der Waals surface area contributed by atoms with Crippen LogP contribution in [0.4, 0.5) is 22.7 Å². The van der Waals surface area contributed by atoms with Crippen molar-refractivity contribution in [2.45, 2.75) is 0 Å². The highest BCUT2D eigenvalue weighted by Crippen LogP contribution is 2.60. The minimum atomic E-state index is -0.342. The van der Waals surface area contributed by atoms with Gasteiger partial charge in [0.25, 0.3) is 5.69 Å². The van der Waals surface area contributed by atoms with Crippen LogP contribution in [0.5, 0.6) is 23.0 Å². The summed E-state index contributed by atoms with van der Waals surface area (Å²) in [6.45, 7) is 0. The second-order valence-corrected chi connectivity index (χ2v) is 8.65. The zero-order chi connectivity index (χ0) is 24.2. The summed E-state index contributed by atoms with van der Waals surface area (Å²) in [5.41, 5.74) is 5.47. The van der Waals surface area contributed by atoms with Crippen molar-refractivity contribution in [3.63, 3.8) is 0 Å². The maximum absolute atomic E-state index is 12.1. The van der Waals surface area contributed by atoms with Crippen molar-refractivity contribution < 1.29 is 14.4 Å². The summed E-state index contributed by atoms with van der Waals surface area (Å²) in [6.07, 6.45) is 0. The van der Waals surface area contributed by atoms with Gasteiger partial charge in [-0.25, -0.2) is 0 Å². The monoisotopic (exact) mass is 470 g/mol. The van der Waals surface area contributed by atoms with E-state index in [9.17, 15) is 10.1 Å². The Morgan fingerprint density at radius 3 is 1.78 bits per heavy atom.